The van der Waals surface area contributed by atoms with Gasteiger partial charge in [0.2, 0.25) is 0 Å². The number of hydrogen-bond acceptors (Lipinski definition) is 5. The van der Waals surface area contributed by atoms with Crippen LogP contribution in [0.1, 0.15) is 38.4 Å². The van der Waals surface area contributed by atoms with Gasteiger partial charge in [0, 0.05) is 67.8 Å². The molecule has 0 saturated carbocycles. The minimum Gasteiger partial charge on any atom is -0.508 e. The number of benzene rings is 3. The maximum atomic E-state index is 14.6. The SMILES string of the molecule is Cc1c2cc(n1C)-c1cc(Cl)ccc1CN1CCc3c(cccc3OCCc3c(cnn3C)N(c3ccc(O)cc3)C2=O)C1. The molecule has 6 bridgehead atoms. The van der Waals surface area contributed by atoms with Crippen molar-refractivity contribution in [2.75, 3.05) is 18.1 Å². The average molecular weight is 608 g/mol. The van der Waals surface area contributed by atoms with E-state index in [9.17, 15) is 9.90 Å². The average Bonchev–Trinajstić information content (AvgIpc) is 3.52. The maximum Gasteiger partial charge on any atom is 0.264 e. The topological polar surface area (TPSA) is 75.8 Å². The van der Waals surface area contributed by atoms with Crippen LogP contribution < -0.4 is 9.64 Å². The van der Waals surface area contributed by atoms with E-state index in [-0.39, 0.29) is 11.7 Å². The Hall–Kier alpha value is -4.53. The molecule has 8 nitrogen and oxygen atoms in total. The summed E-state index contributed by atoms with van der Waals surface area (Å²) in [6, 6.07) is 21.0. The number of rotatable bonds is 1. The van der Waals surface area contributed by atoms with Gasteiger partial charge >= 0.3 is 0 Å². The Morgan fingerprint density at radius 2 is 1.73 bits per heavy atom. The molecule has 1 atom stereocenters. The lowest BCUT2D eigenvalue weighted by Crippen LogP contribution is -2.30. The minimum atomic E-state index is -0.187. The zero-order valence-electron chi connectivity index (χ0n) is 25.0. The zero-order valence-corrected chi connectivity index (χ0v) is 25.8. The monoisotopic (exact) mass is 607 g/mol. The summed E-state index contributed by atoms with van der Waals surface area (Å²) in [4.78, 5) is 18.8. The van der Waals surface area contributed by atoms with Crippen molar-refractivity contribution in [3.05, 3.63) is 112 Å². The summed E-state index contributed by atoms with van der Waals surface area (Å²) in [5, 5.41) is 15.3. The third-order valence-corrected chi connectivity index (χ3v) is 9.23. The highest BCUT2D eigenvalue weighted by molar-refractivity contribution is 6.30. The van der Waals surface area contributed by atoms with Crippen LogP contribution in [0.5, 0.6) is 11.5 Å². The van der Waals surface area contributed by atoms with E-state index < -0.39 is 0 Å². The quantitative estimate of drug-likeness (QED) is 0.233. The summed E-state index contributed by atoms with van der Waals surface area (Å²) in [5.41, 5.74) is 9.21. The Labute approximate surface area is 261 Å². The van der Waals surface area contributed by atoms with E-state index in [0.29, 0.717) is 35.0 Å². The van der Waals surface area contributed by atoms with Crippen LogP contribution in [-0.4, -0.2) is 43.4 Å². The van der Waals surface area contributed by atoms with Gasteiger partial charge in [-0.15, -0.1) is 0 Å². The Morgan fingerprint density at radius 1 is 0.932 bits per heavy atom. The van der Waals surface area contributed by atoms with Crippen molar-refractivity contribution in [2.24, 2.45) is 14.1 Å². The van der Waals surface area contributed by atoms with Crippen molar-refractivity contribution < 1.29 is 14.6 Å². The fourth-order valence-electron chi connectivity index (χ4n) is 6.52. The Morgan fingerprint density at radius 3 is 2.55 bits per heavy atom. The number of phenols is 1. The molecule has 3 aliphatic heterocycles. The van der Waals surface area contributed by atoms with Crippen LogP contribution in [0.4, 0.5) is 11.4 Å². The molecule has 1 amide bonds. The third kappa shape index (κ3) is 4.94. The lowest BCUT2D eigenvalue weighted by molar-refractivity contribution is 0.0998. The molecule has 9 heteroatoms. The molecule has 44 heavy (non-hydrogen) atoms. The summed E-state index contributed by atoms with van der Waals surface area (Å²) in [5.74, 6) is 0.853. The molecule has 0 saturated heterocycles. The molecule has 2 aromatic heterocycles. The minimum absolute atomic E-state index is 0.127. The molecular weight excluding hydrogens is 574 g/mol. The van der Waals surface area contributed by atoms with Crippen molar-refractivity contribution >= 4 is 28.9 Å². The Balaban J connectivity index is 1.42. The number of ether oxygens (including phenoxy) is 1. The van der Waals surface area contributed by atoms with Gasteiger partial charge in [0.1, 0.15) is 11.5 Å². The van der Waals surface area contributed by atoms with Crippen molar-refractivity contribution in [3.63, 3.8) is 0 Å². The summed E-state index contributed by atoms with van der Waals surface area (Å²) >= 11 is 6.58. The van der Waals surface area contributed by atoms with E-state index in [4.69, 9.17) is 16.3 Å². The highest BCUT2D eigenvalue weighted by atomic mass is 35.5. The van der Waals surface area contributed by atoms with Crippen LogP contribution in [-0.2, 0) is 40.0 Å². The molecule has 0 spiro atoms. The molecular formula is C35H34ClN5O3. The van der Waals surface area contributed by atoms with E-state index in [2.05, 4.69) is 38.8 Å². The summed E-state index contributed by atoms with van der Waals surface area (Å²) in [6.07, 6.45) is 3.18. The number of aryl methyl sites for hydroxylation is 1. The van der Waals surface area contributed by atoms with E-state index >= 15 is 0 Å². The number of amides is 1. The first kappa shape index (κ1) is 28.3. The summed E-state index contributed by atoms with van der Waals surface area (Å²) < 4.78 is 10.3. The lowest BCUT2D eigenvalue weighted by Gasteiger charge is -2.30. The predicted octanol–water partition coefficient (Wildman–Crippen LogP) is 6.56. The second-order valence-electron chi connectivity index (χ2n) is 11.6. The van der Waals surface area contributed by atoms with Crippen LogP contribution in [0.3, 0.4) is 0 Å². The van der Waals surface area contributed by atoms with Crippen LogP contribution in [0, 0.1) is 6.92 Å². The summed E-state index contributed by atoms with van der Waals surface area (Å²) in [6.45, 7) is 4.91. The number of anilines is 2. The third-order valence-electron chi connectivity index (χ3n) is 9.00. The Kier molecular flexibility index (Phi) is 7.19. The molecule has 0 aliphatic carbocycles. The molecule has 1 unspecified atom stereocenters. The first-order chi connectivity index (χ1) is 21.3. The van der Waals surface area contributed by atoms with Gasteiger partial charge in [0.05, 0.1) is 29.7 Å². The van der Waals surface area contributed by atoms with Gasteiger partial charge in [0.15, 0.2) is 0 Å². The van der Waals surface area contributed by atoms with Crippen molar-refractivity contribution in [1.82, 2.24) is 19.2 Å². The number of carbonyl (C=O) groups excluding carboxylic acids is 1. The van der Waals surface area contributed by atoms with Crippen molar-refractivity contribution in [2.45, 2.75) is 32.9 Å². The van der Waals surface area contributed by atoms with Crippen molar-refractivity contribution in [1.29, 1.82) is 0 Å². The first-order valence-electron chi connectivity index (χ1n) is 14.8. The number of aromatic nitrogens is 3. The van der Waals surface area contributed by atoms with Gasteiger partial charge in [-0.05, 0) is 78.6 Å². The number of nitrogens with zero attached hydrogens (tertiary/aromatic N) is 5. The second kappa shape index (κ2) is 11.2. The molecule has 5 aromatic rings. The molecule has 224 valence electrons. The van der Waals surface area contributed by atoms with Crippen LogP contribution in [0.2, 0.25) is 5.02 Å². The van der Waals surface area contributed by atoms with Crippen LogP contribution >= 0.6 is 11.6 Å². The highest BCUT2D eigenvalue weighted by Crippen LogP contribution is 2.37. The van der Waals surface area contributed by atoms with Gasteiger partial charge in [-0.2, -0.15) is 5.10 Å². The highest BCUT2D eigenvalue weighted by Gasteiger charge is 2.29. The van der Waals surface area contributed by atoms with Gasteiger partial charge < -0.3 is 14.4 Å². The molecule has 5 heterocycles. The van der Waals surface area contributed by atoms with Crippen LogP contribution in [0.25, 0.3) is 11.3 Å². The summed E-state index contributed by atoms with van der Waals surface area (Å²) in [7, 11) is 3.88. The smallest absolute Gasteiger partial charge is 0.264 e. The number of halogens is 1. The van der Waals surface area contributed by atoms with Gasteiger partial charge in [-0.3, -0.25) is 19.3 Å². The largest absolute Gasteiger partial charge is 0.508 e. The fraction of sp³-hybridized carbons (Fsp3) is 0.257. The van der Waals surface area contributed by atoms with Gasteiger partial charge in [0.25, 0.3) is 5.91 Å². The number of phenolic OH excluding ortho intramolecular Hbond substituents is 1. The number of fused-ring (bicyclic) bond motifs is 4. The molecule has 3 aliphatic rings. The molecule has 8 rings (SSSR count). The number of hydrogen-bond donors (Lipinski definition) is 1. The van der Waals surface area contributed by atoms with Gasteiger partial charge in [-0.1, -0.05) is 29.8 Å². The zero-order chi connectivity index (χ0) is 30.5. The van der Waals surface area contributed by atoms with Crippen LogP contribution in [0.15, 0.2) is 72.9 Å². The Bertz CT molecular complexity index is 1890. The van der Waals surface area contributed by atoms with E-state index in [1.807, 2.05) is 39.2 Å². The molecule has 0 fully saturated rings. The van der Waals surface area contributed by atoms with Gasteiger partial charge in [-0.25, -0.2) is 0 Å². The molecule has 0 radical (unpaired) electrons. The van der Waals surface area contributed by atoms with E-state index in [1.54, 1.807) is 40.0 Å². The molecule has 1 N–H and O–H groups in total. The second-order valence-corrected chi connectivity index (χ2v) is 12.0. The lowest BCUT2D eigenvalue weighted by atomic mass is 9.97. The first-order valence-corrected chi connectivity index (χ1v) is 15.2. The van der Waals surface area contributed by atoms with Crippen molar-refractivity contribution in [3.8, 4) is 22.8 Å². The number of aromatic hydroxyl groups is 1. The normalized spacial score (nSPS) is 16.6. The van der Waals surface area contributed by atoms with E-state index in [0.717, 1.165) is 60.0 Å². The standard InChI is InChI=1S/C35H34ClN5O3/c1-22-29-18-32(38(22)2)30-17-25(36)8-7-24(30)21-40-15-13-28-23(20-40)5-4-6-34(28)44-16-14-31-33(19-37-39(31)3)41(35(29)43)26-9-11-27(42)12-10-26/h4-12,17-19,42H,13-16,20-21H2,1-3H3. The number of carbonyl (C=O) groups is 1. The maximum absolute atomic E-state index is 14.6. The predicted molar refractivity (Wildman–Crippen MR) is 172 cm³/mol. The molecule has 3 aromatic carbocycles. The fourth-order valence-corrected chi connectivity index (χ4v) is 6.69. The van der Waals surface area contributed by atoms with E-state index in [1.165, 1.54) is 11.1 Å².